The molecule has 0 bridgehead atoms. The fraction of sp³-hybridized carbons (Fsp3) is 0.500. The molecule has 1 aromatic heterocycles. The molecule has 1 saturated carbocycles. The highest BCUT2D eigenvalue weighted by Crippen LogP contribution is 2.41. The quantitative estimate of drug-likeness (QED) is 0.755. The first kappa shape index (κ1) is 7.86. The lowest BCUT2D eigenvalue weighted by atomic mass is 10.3. The van der Waals surface area contributed by atoms with Gasteiger partial charge in [0, 0.05) is 24.1 Å². The Kier molecular flexibility index (Phi) is 1.54. The first-order chi connectivity index (χ1) is 5.59. The van der Waals surface area contributed by atoms with E-state index in [0.717, 1.165) is 18.5 Å². The minimum absolute atomic E-state index is 0.463. The Labute approximate surface area is 71.7 Å². The number of sulfone groups is 1. The van der Waals surface area contributed by atoms with Crippen LogP contribution < -0.4 is 0 Å². The third-order valence-electron chi connectivity index (χ3n) is 2.12. The zero-order chi connectivity index (χ0) is 8.77. The van der Waals surface area contributed by atoms with Crippen LogP contribution in [0.3, 0.4) is 0 Å². The highest BCUT2D eigenvalue weighted by molar-refractivity contribution is 7.90. The zero-order valence-electron chi connectivity index (χ0n) is 6.87. The molecule has 0 saturated heterocycles. The maximum absolute atomic E-state index is 11.2. The summed E-state index contributed by atoms with van der Waals surface area (Å²) < 4.78 is 22.5. The van der Waals surface area contributed by atoms with Gasteiger partial charge in [-0.1, -0.05) is 0 Å². The number of rotatable bonds is 2. The van der Waals surface area contributed by atoms with Crippen molar-refractivity contribution < 1.29 is 8.42 Å². The van der Waals surface area contributed by atoms with Crippen molar-refractivity contribution >= 4 is 9.84 Å². The average molecular weight is 185 g/mol. The van der Waals surface area contributed by atoms with Crippen LogP contribution in [0.4, 0.5) is 0 Å². The number of hydrogen-bond acceptors (Lipinski definition) is 2. The standard InChI is InChI=1S/C8H11NO2S/c1-12(10,11)7-4-5-9-8(7)6-2-3-6/h4-6,9H,2-3H2,1H3. The third kappa shape index (κ3) is 1.27. The molecule has 3 nitrogen and oxygen atoms in total. The molecular weight excluding hydrogens is 174 g/mol. The van der Waals surface area contributed by atoms with Crippen LogP contribution in [0, 0.1) is 0 Å². The summed E-state index contributed by atoms with van der Waals surface area (Å²) >= 11 is 0. The molecule has 1 aliphatic carbocycles. The highest BCUT2D eigenvalue weighted by atomic mass is 32.2. The van der Waals surface area contributed by atoms with Crippen molar-refractivity contribution in [2.24, 2.45) is 0 Å². The van der Waals surface area contributed by atoms with Crippen molar-refractivity contribution in [3.8, 4) is 0 Å². The molecule has 2 rings (SSSR count). The Morgan fingerprint density at radius 2 is 2.17 bits per heavy atom. The summed E-state index contributed by atoms with van der Waals surface area (Å²) in [5, 5.41) is 0. The number of aromatic amines is 1. The molecular formula is C8H11NO2S. The molecule has 1 N–H and O–H groups in total. The Bertz CT molecular complexity index is 387. The van der Waals surface area contributed by atoms with E-state index in [1.165, 1.54) is 6.26 Å². The van der Waals surface area contributed by atoms with Gasteiger partial charge in [-0.05, 0) is 18.9 Å². The molecule has 0 radical (unpaired) electrons. The first-order valence-electron chi connectivity index (χ1n) is 3.96. The van der Waals surface area contributed by atoms with Crippen molar-refractivity contribution in [2.45, 2.75) is 23.7 Å². The molecule has 1 fully saturated rings. The number of nitrogens with one attached hydrogen (secondary N) is 1. The van der Waals surface area contributed by atoms with Crippen LogP contribution >= 0.6 is 0 Å². The van der Waals surface area contributed by atoms with E-state index in [4.69, 9.17) is 0 Å². The molecule has 0 amide bonds. The predicted molar refractivity (Wildman–Crippen MR) is 45.9 cm³/mol. The monoisotopic (exact) mass is 185 g/mol. The van der Waals surface area contributed by atoms with Gasteiger partial charge < -0.3 is 4.98 Å². The molecule has 0 atom stereocenters. The largest absolute Gasteiger partial charge is 0.364 e. The van der Waals surface area contributed by atoms with Gasteiger partial charge in [-0.2, -0.15) is 0 Å². The van der Waals surface area contributed by atoms with Crippen molar-refractivity contribution in [1.29, 1.82) is 0 Å². The van der Waals surface area contributed by atoms with Gasteiger partial charge in [0.25, 0.3) is 0 Å². The maximum Gasteiger partial charge on any atom is 0.177 e. The molecule has 1 aliphatic rings. The summed E-state index contributed by atoms with van der Waals surface area (Å²) in [6, 6.07) is 1.64. The summed E-state index contributed by atoms with van der Waals surface area (Å²) in [5.41, 5.74) is 0.900. The molecule has 66 valence electrons. The summed E-state index contributed by atoms with van der Waals surface area (Å²) in [4.78, 5) is 3.47. The minimum atomic E-state index is -3.03. The van der Waals surface area contributed by atoms with Crippen molar-refractivity contribution in [3.05, 3.63) is 18.0 Å². The van der Waals surface area contributed by atoms with Gasteiger partial charge in [-0.25, -0.2) is 8.42 Å². The number of aromatic nitrogens is 1. The second-order valence-electron chi connectivity index (χ2n) is 3.30. The summed E-state index contributed by atoms with van der Waals surface area (Å²) in [6.45, 7) is 0. The van der Waals surface area contributed by atoms with Gasteiger partial charge >= 0.3 is 0 Å². The average Bonchev–Trinajstić information content (AvgIpc) is 2.65. The third-order valence-corrected chi connectivity index (χ3v) is 3.28. The lowest BCUT2D eigenvalue weighted by Gasteiger charge is -1.98. The molecule has 1 aromatic rings. The molecule has 0 spiro atoms. The van der Waals surface area contributed by atoms with Crippen molar-refractivity contribution in [1.82, 2.24) is 4.98 Å². The van der Waals surface area contributed by atoms with Crippen LogP contribution in [0.25, 0.3) is 0 Å². The molecule has 0 unspecified atom stereocenters. The molecule has 12 heavy (non-hydrogen) atoms. The van der Waals surface area contributed by atoms with E-state index in [2.05, 4.69) is 4.98 Å². The van der Waals surface area contributed by atoms with Crippen molar-refractivity contribution in [2.75, 3.05) is 6.26 Å². The normalized spacial score (nSPS) is 18.1. The number of hydrogen-bond donors (Lipinski definition) is 1. The molecule has 4 heteroatoms. The lowest BCUT2D eigenvalue weighted by molar-refractivity contribution is 0.601. The van der Waals surface area contributed by atoms with E-state index >= 15 is 0 Å². The van der Waals surface area contributed by atoms with Gasteiger partial charge in [0.2, 0.25) is 0 Å². The van der Waals surface area contributed by atoms with Crippen LogP contribution in [0.1, 0.15) is 24.5 Å². The smallest absolute Gasteiger partial charge is 0.177 e. The predicted octanol–water partition coefficient (Wildman–Crippen LogP) is 1.30. The first-order valence-corrected chi connectivity index (χ1v) is 5.85. The van der Waals surface area contributed by atoms with Gasteiger partial charge in [0.15, 0.2) is 9.84 Å². The topological polar surface area (TPSA) is 49.9 Å². The van der Waals surface area contributed by atoms with E-state index in [-0.39, 0.29) is 0 Å². The van der Waals surface area contributed by atoms with Crippen LogP contribution in [-0.4, -0.2) is 19.7 Å². The maximum atomic E-state index is 11.2. The number of H-pyrrole nitrogens is 1. The van der Waals surface area contributed by atoms with Crippen LogP contribution in [0.5, 0.6) is 0 Å². The molecule has 0 aliphatic heterocycles. The van der Waals surface area contributed by atoms with Gasteiger partial charge in [-0.3, -0.25) is 0 Å². The second kappa shape index (κ2) is 2.36. The molecule has 1 heterocycles. The van der Waals surface area contributed by atoms with E-state index in [0.29, 0.717) is 10.8 Å². The van der Waals surface area contributed by atoms with Crippen LogP contribution in [0.2, 0.25) is 0 Å². The van der Waals surface area contributed by atoms with E-state index in [1.807, 2.05) is 0 Å². The lowest BCUT2D eigenvalue weighted by Crippen LogP contribution is -1.98. The SMILES string of the molecule is CS(=O)(=O)c1cc[nH]c1C1CC1. The fourth-order valence-electron chi connectivity index (χ4n) is 1.38. The van der Waals surface area contributed by atoms with E-state index in [1.54, 1.807) is 12.3 Å². The summed E-state index contributed by atoms with van der Waals surface area (Å²) in [7, 11) is -3.03. The second-order valence-corrected chi connectivity index (χ2v) is 5.29. The van der Waals surface area contributed by atoms with E-state index in [9.17, 15) is 8.42 Å². The Morgan fingerprint density at radius 3 is 2.67 bits per heavy atom. The highest BCUT2D eigenvalue weighted by Gasteiger charge is 2.29. The fourth-order valence-corrected chi connectivity index (χ4v) is 2.32. The zero-order valence-corrected chi connectivity index (χ0v) is 7.69. The van der Waals surface area contributed by atoms with Gasteiger partial charge in [0.05, 0.1) is 4.90 Å². The summed E-state index contributed by atoms with van der Waals surface area (Å²) in [6.07, 6.45) is 5.18. The molecule has 0 aromatic carbocycles. The van der Waals surface area contributed by atoms with Gasteiger partial charge in [-0.15, -0.1) is 0 Å². The Morgan fingerprint density at radius 1 is 1.50 bits per heavy atom. The van der Waals surface area contributed by atoms with Gasteiger partial charge in [0.1, 0.15) is 0 Å². The van der Waals surface area contributed by atoms with Crippen LogP contribution in [-0.2, 0) is 9.84 Å². The Hall–Kier alpha value is -0.770. The Balaban J connectivity index is 2.49. The van der Waals surface area contributed by atoms with Crippen LogP contribution in [0.15, 0.2) is 17.2 Å². The minimum Gasteiger partial charge on any atom is -0.364 e. The van der Waals surface area contributed by atoms with Crippen molar-refractivity contribution in [3.63, 3.8) is 0 Å². The summed E-state index contributed by atoms with van der Waals surface area (Å²) in [5.74, 6) is 0.463. The van der Waals surface area contributed by atoms with E-state index < -0.39 is 9.84 Å².